The van der Waals surface area contributed by atoms with Gasteiger partial charge in [0.25, 0.3) is 0 Å². The molecule has 390 valence electrons. The standard InChI is InChI=1S/C61H56O15/c62-56(44-28-14-4-15-29-44)70-40-49-51(73-57(63)45-30-16-5-17-31-45)53(74-58(64)46-32-18-6-19-33-46)55(75-59(65)47-34-20-7-21-35-47)61(72-49)76-50-48(39-67-36-41-22-8-1-9-23-41)71-60(66)54(69-38-43-26-12-3-13-27-43)52(50)68-37-42-24-10-2-11-25-42/h1-35,48-55,60-61,66H,36-40H2/t48-,49-,50-,51+,52+,53+,54-,55-,60+,61+/m1/s1. The molecule has 0 unspecified atom stereocenters. The number of esters is 4. The number of benzene rings is 7. The van der Waals surface area contributed by atoms with E-state index in [1.165, 1.54) is 36.4 Å². The van der Waals surface area contributed by atoms with E-state index in [4.69, 9.17) is 47.4 Å². The number of aliphatic hydroxyl groups excluding tert-OH is 1. The second kappa shape index (κ2) is 26.6. The fraction of sp³-hybridized carbons (Fsp3) is 0.246. The van der Waals surface area contributed by atoms with Crippen LogP contribution in [0.25, 0.3) is 0 Å². The fourth-order valence-electron chi connectivity index (χ4n) is 8.75. The average molecular weight is 1030 g/mol. The fourth-order valence-corrected chi connectivity index (χ4v) is 8.75. The summed E-state index contributed by atoms with van der Waals surface area (Å²) in [6.45, 7) is -0.608. The zero-order chi connectivity index (χ0) is 52.5. The molecule has 76 heavy (non-hydrogen) atoms. The molecule has 0 aromatic heterocycles. The molecule has 0 spiro atoms. The molecule has 7 aromatic carbocycles. The minimum atomic E-state index is -1.77. The lowest BCUT2D eigenvalue weighted by atomic mass is 9.95. The molecule has 0 radical (unpaired) electrons. The van der Waals surface area contributed by atoms with Gasteiger partial charge in [0.1, 0.15) is 37.1 Å². The predicted molar refractivity (Wildman–Crippen MR) is 274 cm³/mol. The van der Waals surface area contributed by atoms with Crippen molar-refractivity contribution in [3.05, 3.63) is 251 Å². The van der Waals surface area contributed by atoms with E-state index in [1.54, 1.807) is 84.9 Å². The topological polar surface area (TPSA) is 181 Å². The lowest BCUT2D eigenvalue weighted by molar-refractivity contribution is -0.363. The van der Waals surface area contributed by atoms with Crippen molar-refractivity contribution in [3.8, 4) is 0 Å². The van der Waals surface area contributed by atoms with Crippen molar-refractivity contribution < 1.29 is 71.7 Å². The quantitative estimate of drug-likeness (QED) is 0.0533. The Hall–Kier alpha value is -7.86. The van der Waals surface area contributed by atoms with Crippen LogP contribution in [0.1, 0.15) is 58.1 Å². The summed E-state index contributed by atoms with van der Waals surface area (Å²) >= 11 is 0. The predicted octanol–water partition coefficient (Wildman–Crippen LogP) is 8.74. The maximum absolute atomic E-state index is 14.5. The van der Waals surface area contributed by atoms with E-state index >= 15 is 0 Å². The lowest BCUT2D eigenvalue weighted by Crippen LogP contribution is -2.67. The number of hydrogen-bond donors (Lipinski definition) is 1. The summed E-state index contributed by atoms with van der Waals surface area (Å²) in [5.41, 5.74) is 2.98. The van der Waals surface area contributed by atoms with Gasteiger partial charge >= 0.3 is 23.9 Å². The summed E-state index contributed by atoms with van der Waals surface area (Å²) in [5.74, 6) is -3.38. The van der Waals surface area contributed by atoms with Gasteiger partial charge in [-0.25, -0.2) is 19.2 Å². The maximum atomic E-state index is 14.5. The molecule has 0 saturated carbocycles. The summed E-state index contributed by atoms with van der Waals surface area (Å²) in [6, 6.07) is 60.5. The van der Waals surface area contributed by atoms with Crippen molar-refractivity contribution in [2.75, 3.05) is 13.2 Å². The molecule has 9 rings (SSSR count). The van der Waals surface area contributed by atoms with Crippen LogP contribution in [0.5, 0.6) is 0 Å². The molecule has 2 heterocycles. The number of rotatable bonds is 21. The molecule has 2 saturated heterocycles. The zero-order valence-electron chi connectivity index (χ0n) is 41.2. The smallest absolute Gasteiger partial charge is 0.338 e. The second-order valence-corrected chi connectivity index (χ2v) is 17.9. The van der Waals surface area contributed by atoms with Gasteiger partial charge in [-0.2, -0.15) is 0 Å². The minimum Gasteiger partial charge on any atom is -0.459 e. The van der Waals surface area contributed by atoms with E-state index in [-0.39, 0.29) is 48.7 Å². The monoisotopic (exact) mass is 1030 g/mol. The van der Waals surface area contributed by atoms with Gasteiger partial charge in [-0.05, 0) is 65.2 Å². The molecule has 10 atom stereocenters. The molecule has 2 aliphatic rings. The lowest BCUT2D eigenvalue weighted by Gasteiger charge is -2.49. The highest BCUT2D eigenvalue weighted by atomic mass is 16.8. The minimum absolute atomic E-state index is 0.00566. The highest BCUT2D eigenvalue weighted by Gasteiger charge is 2.57. The normalized spacial score (nSPS) is 23.1. The summed E-state index contributed by atoms with van der Waals surface area (Å²) in [6.07, 6.45) is -14.9. The molecular weight excluding hydrogens is 973 g/mol. The number of ether oxygens (including phenoxy) is 10. The Kier molecular flexibility index (Phi) is 18.5. The summed E-state index contributed by atoms with van der Waals surface area (Å²) in [4.78, 5) is 56.8. The molecule has 2 aliphatic heterocycles. The molecular formula is C61H56O15. The van der Waals surface area contributed by atoms with Crippen LogP contribution in [0.4, 0.5) is 0 Å². The molecule has 15 nitrogen and oxygen atoms in total. The van der Waals surface area contributed by atoms with Crippen molar-refractivity contribution in [2.45, 2.75) is 81.2 Å². The molecule has 15 heteroatoms. The number of carbonyl (C=O) groups excluding carboxylic acids is 4. The molecule has 1 N–H and O–H groups in total. The van der Waals surface area contributed by atoms with Crippen molar-refractivity contribution in [3.63, 3.8) is 0 Å². The van der Waals surface area contributed by atoms with Crippen molar-refractivity contribution in [2.24, 2.45) is 0 Å². The van der Waals surface area contributed by atoms with Gasteiger partial charge in [0.2, 0.25) is 0 Å². The first kappa shape index (κ1) is 53.0. The van der Waals surface area contributed by atoms with Crippen LogP contribution in [-0.4, -0.2) is 104 Å². The van der Waals surface area contributed by atoms with Crippen LogP contribution in [0.3, 0.4) is 0 Å². The highest BCUT2D eigenvalue weighted by molar-refractivity contribution is 5.91. The summed E-state index contributed by atoms with van der Waals surface area (Å²) < 4.78 is 64.8. The second-order valence-electron chi connectivity index (χ2n) is 17.9. The molecule has 0 aliphatic carbocycles. The van der Waals surface area contributed by atoms with Gasteiger partial charge in [-0.3, -0.25) is 0 Å². The third kappa shape index (κ3) is 14.1. The highest BCUT2D eigenvalue weighted by Crippen LogP contribution is 2.36. The van der Waals surface area contributed by atoms with Gasteiger partial charge in [-0.15, -0.1) is 0 Å². The van der Waals surface area contributed by atoms with Crippen molar-refractivity contribution >= 4 is 23.9 Å². The van der Waals surface area contributed by atoms with Crippen LogP contribution in [-0.2, 0) is 67.2 Å². The largest absolute Gasteiger partial charge is 0.459 e. The Labute approximate surface area is 439 Å². The zero-order valence-corrected chi connectivity index (χ0v) is 41.2. The van der Waals surface area contributed by atoms with E-state index in [0.717, 1.165) is 16.7 Å². The van der Waals surface area contributed by atoms with Crippen LogP contribution in [0.2, 0.25) is 0 Å². The van der Waals surface area contributed by atoms with Gasteiger partial charge in [0, 0.05) is 0 Å². The summed E-state index contributed by atoms with van der Waals surface area (Å²) in [7, 11) is 0. The van der Waals surface area contributed by atoms with Crippen LogP contribution in [0.15, 0.2) is 212 Å². The van der Waals surface area contributed by atoms with E-state index < -0.39 is 91.9 Å². The Morgan fingerprint density at radius 2 is 0.737 bits per heavy atom. The molecule has 2 fully saturated rings. The number of carbonyl (C=O) groups is 4. The Morgan fingerprint density at radius 1 is 0.368 bits per heavy atom. The van der Waals surface area contributed by atoms with Gasteiger partial charge in [-0.1, -0.05) is 164 Å². The van der Waals surface area contributed by atoms with Crippen LogP contribution < -0.4 is 0 Å². The van der Waals surface area contributed by atoms with E-state index in [2.05, 4.69) is 0 Å². The Morgan fingerprint density at radius 3 is 1.20 bits per heavy atom. The van der Waals surface area contributed by atoms with Crippen molar-refractivity contribution in [1.29, 1.82) is 0 Å². The number of aliphatic hydroxyl groups is 1. The van der Waals surface area contributed by atoms with Gasteiger partial charge in [0.05, 0.1) is 48.7 Å². The van der Waals surface area contributed by atoms with Gasteiger partial charge < -0.3 is 52.5 Å². The van der Waals surface area contributed by atoms with Crippen molar-refractivity contribution in [1.82, 2.24) is 0 Å². The Bertz CT molecular complexity index is 2900. The average Bonchev–Trinajstić information content (AvgIpc) is 3.50. The summed E-state index contributed by atoms with van der Waals surface area (Å²) in [5, 5.41) is 11.9. The van der Waals surface area contributed by atoms with Gasteiger partial charge in [0.15, 0.2) is 30.9 Å². The molecule has 0 bridgehead atoms. The Balaban J connectivity index is 1.15. The number of hydrogen-bond acceptors (Lipinski definition) is 15. The van der Waals surface area contributed by atoms with E-state index in [1.807, 2.05) is 91.0 Å². The van der Waals surface area contributed by atoms with Crippen LogP contribution in [0, 0.1) is 0 Å². The molecule has 7 aromatic rings. The first-order valence-corrected chi connectivity index (χ1v) is 24.8. The van der Waals surface area contributed by atoms with E-state index in [9.17, 15) is 24.3 Å². The molecule has 0 amide bonds. The third-order valence-electron chi connectivity index (χ3n) is 12.6. The van der Waals surface area contributed by atoms with Crippen LogP contribution >= 0.6 is 0 Å². The first-order chi connectivity index (χ1) is 37.3. The SMILES string of the molecule is O=C(OC[C@H]1O[C@@H](O[C@H]2[C@H](OCc3ccccc3)[C@@H](OCc3ccccc3)[C@@H](O)O[C@@H]2COCc2ccccc2)[C@H](OC(=O)c2ccccc2)[C@@H](OC(=O)c2ccccc2)[C@H]1OC(=O)c1ccccc1)c1ccccc1. The maximum Gasteiger partial charge on any atom is 0.338 e. The first-order valence-electron chi connectivity index (χ1n) is 24.8. The third-order valence-corrected chi connectivity index (χ3v) is 12.6. The van der Waals surface area contributed by atoms with E-state index in [0.29, 0.717) is 0 Å².